The Bertz CT molecular complexity index is 1620. The van der Waals surface area contributed by atoms with Crippen LogP contribution in [0.25, 0.3) is 22.3 Å². The van der Waals surface area contributed by atoms with Gasteiger partial charge in [-0.2, -0.15) is 0 Å². The maximum absolute atomic E-state index is 13.1. The molecule has 0 saturated carbocycles. The molecule has 5 aromatic rings. The lowest BCUT2D eigenvalue weighted by atomic mass is 10.0. The molecule has 43 heavy (non-hydrogen) atoms. The molecule has 0 radical (unpaired) electrons. The van der Waals surface area contributed by atoms with Crippen molar-refractivity contribution in [2.45, 2.75) is 31.4 Å². The van der Waals surface area contributed by atoms with Gasteiger partial charge in [0, 0.05) is 54.9 Å². The fraction of sp³-hybridized carbons (Fsp3) is 0.200. The Labute approximate surface area is 255 Å². The zero-order valence-electron chi connectivity index (χ0n) is 23.8. The lowest BCUT2D eigenvalue weighted by Gasteiger charge is -2.27. The van der Waals surface area contributed by atoms with Crippen molar-refractivity contribution in [3.05, 3.63) is 132 Å². The molecule has 0 saturated heterocycles. The Kier molecular flexibility index (Phi) is 10.3. The van der Waals surface area contributed by atoms with Gasteiger partial charge in [-0.15, -0.1) is 11.6 Å². The van der Waals surface area contributed by atoms with E-state index in [1.165, 1.54) is 29.8 Å². The summed E-state index contributed by atoms with van der Waals surface area (Å²) in [6, 6.07) is 22.8. The van der Waals surface area contributed by atoms with Gasteiger partial charge in [-0.05, 0) is 83.1 Å². The first-order chi connectivity index (χ1) is 21.0. The number of aryl methyl sites for hydroxylation is 1. The van der Waals surface area contributed by atoms with E-state index in [9.17, 15) is 8.78 Å². The zero-order valence-corrected chi connectivity index (χ0v) is 24.5. The number of hydrogen-bond acceptors (Lipinski definition) is 5. The van der Waals surface area contributed by atoms with Crippen LogP contribution in [0.4, 0.5) is 8.78 Å². The van der Waals surface area contributed by atoms with E-state index in [2.05, 4.69) is 27.4 Å². The summed E-state index contributed by atoms with van der Waals surface area (Å²) >= 11 is 5.71. The van der Waals surface area contributed by atoms with E-state index in [1.807, 2.05) is 24.4 Å². The van der Waals surface area contributed by atoms with Crippen LogP contribution in [0, 0.1) is 11.6 Å². The third-order valence-corrected chi connectivity index (χ3v) is 7.41. The lowest BCUT2D eigenvalue weighted by Crippen LogP contribution is -2.34. The van der Waals surface area contributed by atoms with Gasteiger partial charge in [0.1, 0.15) is 17.7 Å². The molecule has 1 aliphatic heterocycles. The van der Waals surface area contributed by atoms with Crippen LogP contribution < -0.4 is 14.8 Å². The summed E-state index contributed by atoms with van der Waals surface area (Å²) in [5.41, 5.74) is 7.06. The number of benzene rings is 3. The van der Waals surface area contributed by atoms with Crippen molar-refractivity contribution in [1.82, 2.24) is 15.3 Å². The van der Waals surface area contributed by atoms with Gasteiger partial charge in [-0.3, -0.25) is 9.97 Å². The molecule has 8 heteroatoms. The van der Waals surface area contributed by atoms with E-state index in [4.69, 9.17) is 21.1 Å². The number of pyridine rings is 2. The van der Waals surface area contributed by atoms with E-state index in [-0.39, 0.29) is 17.7 Å². The van der Waals surface area contributed by atoms with Crippen LogP contribution in [0.15, 0.2) is 104 Å². The summed E-state index contributed by atoms with van der Waals surface area (Å²) in [6.45, 7) is 1.44. The molecule has 1 aliphatic rings. The van der Waals surface area contributed by atoms with E-state index in [1.54, 1.807) is 50.0 Å². The van der Waals surface area contributed by atoms with Crippen molar-refractivity contribution < 1.29 is 18.3 Å². The molecule has 5 nitrogen and oxygen atoms in total. The molecular formula is C35H32ClF2N3O2. The Hall–Kier alpha value is -4.33. The minimum Gasteiger partial charge on any atom is -0.493 e. The van der Waals surface area contributed by atoms with E-state index >= 15 is 0 Å². The Morgan fingerprint density at radius 2 is 1.42 bits per heavy atom. The average Bonchev–Trinajstić information content (AvgIpc) is 3.05. The van der Waals surface area contributed by atoms with Crippen molar-refractivity contribution in [2.75, 3.05) is 13.7 Å². The standard InChI is InChI=1S/C23H23FN2O2.C12H9ClFN/c1-27-22-4-2-3-18-7-10-21(28-23(18)22)15-26-13-16-11-19(14-25-12-16)17-5-8-20(24)9-6-17;13-6-9-5-11(8-15-7-9)10-1-3-12(14)4-2-10/h2-6,8-9,11-12,14,21,26H,7,10,13,15H2,1H3;1-5,7-8H,6H2. The fourth-order valence-electron chi connectivity index (χ4n) is 4.86. The SMILES string of the molecule is COc1cccc2c1OC(CNCc1cncc(-c3ccc(F)cc3)c1)CC2.Fc1ccc(-c2cncc(CCl)c2)cc1. The summed E-state index contributed by atoms with van der Waals surface area (Å²) < 4.78 is 37.4. The first-order valence-electron chi connectivity index (χ1n) is 14.0. The molecule has 0 fully saturated rings. The predicted octanol–water partition coefficient (Wildman–Crippen LogP) is 8.01. The fourth-order valence-corrected chi connectivity index (χ4v) is 5.01. The Balaban J connectivity index is 0.000000207. The Morgan fingerprint density at radius 3 is 2.02 bits per heavy atom. The highest BCUT2D eigenvalue weighted by Gasteiger charge is 2.22. The molecule has 3 aromatic carbocycles. The third kappa shape index (κ3) is 8.15. The molecule has 1 atom stereocenters. The molecule has 1 N–H and O–H groups in total. The van der Waals surface area contributed by atoms with Gasteiger partial charge in [0.25, 0.3) is 0 Å². The maximum Gasteiger partial charge on any atom is 0.164 e. The number of aromatic nitrogens is 2. The summed E-state index contributed by atoms with van der Waals surface area (Å²) in [5.74, 6) is 1.61. The van der Waals surface area contributed by atoms with Crippen LogP contribution >= 0.6 is 11.6 Å². The lowest BCUT2D eigenvalue weighted by molar-refractivity contribution is 0.163. The number of fused-ring (bicyclic) bond motifs is 1. The second-order valence-electron chi connectivity index (χ2n) is 10.2. The molecule has 2 aromatic heterocycles. The molecule has 0 spiro atoms. The molecule has 220 valence electrons. The molecule has 6 rings (SSSR count). The number of methoxy groups -OCH3 is 1. The van der Waals surface area contributed by atoms with Crippen LogP contribution in [0.2, 0.25) is 0 Å². The average molecular weight is 600 g/mol. The highest BCUT2D eigenvalue weighted by molar-refractivity contribution is 6.17. The van der Waals surface area contributed by atoms with E-state index in [0.717, 1.165) is 64.3 Å². The number of halogens is 3. The maximum atomic E-state index is 13.1. The monoisotopic (exact) mass is 599 g/mol. The van der Waals surface area contributed by atoms with Crippen molar-refractivity contribution in [2.24, 2.45) is 0 Å². The van der Waals surface area contributed by atoms with E-state index < -0.39 is 0 Å². The number of nitrogens with one attached hydrogen (secondary N) is 1. The summed E-state index contributed by atoms with van der Waals surface area (Å²) in [7, 11) is 1.67. The minimum atomic E-state index is -0.236. The third-order valence-electron chi connectivity index (χ3n) is 7.10. The quantitative estimate of drug-likeness (QED) is 0.183. The summed E-state index contributed by atoms with van der Waals surface area (Å²) in [5, 5.41) is 3.46. The Morgan fingerprint density at radius 1 is 0.814 bits per heavy atom. The van der Waals surface area contributed by atoms with Crippen LogP contribution in [-0.4, -0.2) is 29.7 Å². The molecule has 0 bridgehead atoms. The van der Waals surface area contributed by atoms with E-state index in [0.29, 0.717) is 12.4 Å². The number of hydrogen-bond donors (Lipinski definition) is 1. The van der Waals surface area contributed by atoms with Crippen molar-refractivity contribution in [3.8, 4) is 33.8 Å². The van der Waals surface area contributed by atoms with Crippen molar-refractivity contribution >= 4 is 11.6 Å². The van der Waals surface area contributed by atoms with Gasteiger partial charge in [0.05, 0.1) is 7.11 Å². The highest BCUT2D eigenvalue weighted by Crippen LogP contribution is 2.36. The van der Waals surface area contributed by atoms with Crippen molar-refractivity contribution in [3.63, 3.8) is 0 Å². The van der Waals surface area contributed by atoms with Gasteiger partial charge in [0.2, 0.25) is 0 Å². The molecular weight excluding hydrogens is 568 g/mol. The van der Waals surface area contributed by atoms with Gasteiger partial charge in [-0.25, -0.2) is 8.78 Å². The van der Waals surface area contributed by atoms with Crippen LogP contribution in [0.3, 0.4) is 0 Å². The van der Waals surface area contributed by atoms with Gasteiger partial charge >= 0.3 is 0 Å². The second kappa shape index (κ2) is 14.7. The largest absolute Gasteiger partial charge is 0.493 e. The van der Waals surface area contributed by atoms with Crippen LogP contribution in [0.1, 0.15) is 23.1 Å². The van der Waals surface area contributed by atoms with Crippen molar-refractivity contribution in [1.29, 1.82) is 0 Å². The summed E-state index contributed by atoms with van der Waals surface area (Å²) in [4.78, 5) is 8.40. The number of nitrogens with zero attached hydrogens (tertiary/aromatic N) is 2. The zero-order chi connectivity index (χ0) is 30.0. The number of para-hydroxylation sites is 1. The van der Waals surface area contributed by atoms with Crippen LogP contribution in [-0.2, 0) is 18.8 Å². The normalized spacial score (nSPS) is 13.7. The first kappa shape index (κ1) is 30.1. The van der Waals surface area contributed by atoms with Gasteiger partial charge in [0.15, 0.2) is 11.5 Å². The highest BCUT2D eigenvalue weighted by atomic mass is 35.5. The second-order valence-corrected chi connectivity index (χ2v) is 10.4. The minimum absolute atomic E-state index is 0.108. The molecule has 1 unspecified atom stereocenters. The number of ether oxygens (including phenoxy) is 2. The number of rotatable bonds is 8. The topological polar surface area (TPSA) is 56.3 Å². The smallest absolute Gasteiger partial charge is 0.164 e. The molecule has 3 heterocycles. The van der Waals surface area contributed by atoms with Crippen LogP contribution in [0.5, 0.6) is 11.5 Å². The van der Waals surface area contributed by atoms with Gasteiger partial charge in [-0.1, -0.05) is 36.4 Å². The molecule has 0 amide bonds. The predicted molar refractivity (Wildman–Crippen MR) is 166 cm³/mol. The number of alkyl halides is 1. The molecule has 0 aliphatic carbocycles. The van der Waals surface area contributed by atoms with Gasteiger partial charge < -0.3 is 14.8 Å². The summed E-state index contributed by atoms with van der Waals surface area (Å²) in [6.07, 6.45) is 9.17. The first-order valence-corrected chi connectivity index (χ1v) is 14.5.